The fraction of sp³-hybridized carbons (Fsp3) is 0.741. The molecule has 0 radical (unpaired) electrons. The minimum Gasteiger partial charge on any atom is -0.445 e. The van der Waals surface area contributed by atoms with Crippen molar-refractivity contribution in [3.63, 3.8) is 0 Å². The third kappa shape index (κ3) is 40.1. The van der Waals surface area contributed by atoms with E-state index in [4.69, 9.17) is 68.3 Å². The van der Waals surface area contributed by atoms with Gasteiger partial charge in [-0.15, -0.1) is 12.4 Å². The van der Waals surface area contributed by atoms with Crippen molar-refractivity contribution in [3.05, 3.63) is 94.5 Å². The fourth-order valence-electron chi connectivity index (χ4n) is 14.4. The van der Waals surface area contributed by atoms with E-state index >= 15 is 0 Å². The van der Waals surface area contributed by atoms with Gasteiger partial charge in [0.1, 0.15) is 23.7 Å². The van der Waals surface area contributed by atoms with Gasteiger partial charge in [-0.3, -0.25) is 9.59 Å². The average molecular weight is 1510 g/mol. The van der Waals surface area contributed by atoms with Crippen LogP contribution >= 0.6 is 12.4 Å². The van der Waals surface area contributed by atoms with Gasteiger partial charge in [-0.05, 0) is 232 Å². The standard InChI is InChI=1S/C35H49NO6.C27H43NO4.C14H29NO4.C9H21NO2.ClH/c1-35-20-10-4-8-16-29(33(35)36-34(38)41-26-27-14-6-3-7-15-27)24-28-18-19-30(25-31(28)35)42-32(37)17-9-5-11-22-40-23-13-12-21-39-2;1-27-15-7-3-5-11-22(26(27)28)19-21-13-14-23(20-24(21)27)32-25(29)12-6-4-8-17-31-18-10-9-16-30-2;1-14(2,3)19-13(16)15-9-5-6-11-18-12-8-7-10-17-4;1-11-7-4-5-9-12-8-3-2-6-10;/h3,6-7,14-15,18-19,25,29,33H,4-5,8-13,16-17,20-24,26H2,1-2H3,(H,36,38);13-14,20,22,26H,3-12,15-19,28H2,1-2H3;5-12H2,1-4H3,(H,15,16);2-10H2,1H3;1H/t29-,33-,35+;22-,26-,27+;;;/m00.../s1. The van der Waals surface area contributed by atoms with E-state index in [1.165, 1.54) is 60.8 Å². The monoisotopic (exact) mass is 1510 g/mol. The van der Waals surface area contributed by atoms with Crippen LogP contribution in [-0.4, -0.2) is 163 Å². The Morgan fingerprint density at radius 2 is 0.896 bits per heavy atom. The lowest BCUT2D eigenvalue weighted by molar-refractivity contribution is -0.135. The quantitative estimate of drug-likeness (QED) is 0.0233. The summed E-state index contributed by atoms with van der Waals surface area (Å²) in [4.78, 5) is 49.4. The van der Waals surface area contributed by atoms with Crippen molar-refractivity contribution < 1.29 is 76.0 Å². The number of hydrogen-bond donors (Lipinski definition) is 4. The van der Waals surface area contributed by atoms with E-state index in [1.54, 1.807) is 28.4 Å². The molecular weight excluding hydrogens is 1370 g/mol. The Morgan fingerprint density at radius 3 is 1.36 bits per heavy atom. The number of benzene rings is 3. The van der Waals surface area contributed by atoms with E-state index in [0.717, 1.165) is 245 Å². The summed E-state index contributed by atoms with van der Waals surface area (Å²) in [6, 6.07) is 22.2. The van der Waals surface area contributed by atoms with Crippen molar-refractivity contribution in [1.82, 2.24) is 10.6 Å². The molecule has 2 fully saturated rings. The maximum Gasteiger partial charge on any atom is 0.407 e. The van der Waals surface area contributed by atoms with Gasteiger partial charge in [0.25, 0.3) is 0 Å². The number of rotatable bonds is 46. The molecule has 20 nitrogen and oxygen atoms in total. The Morgan fingerprint density at radius 1 is 0.481 bits per heavy atom. The summed E-state index contributed by atoms with van der Waals surface area (Å²) >= 11 is 0. The molecule has 0 unspecified atom stereocenters. The maximum absolute atomic E-state index is 13.0. The van der Waals surface area contributed by atoms with Gasteiger partial charge in [0.05, 0.1) is 0 Å². The Hall–Kier alpha value is -4.97. The Kier molecular flexibility index (Phi) is 52.1. The van der Waals surface area contributed by atoms with Crippen molar-refractivity contribution in [1.29, 1.82) is 0 Å². The van der Waals surface area contributed by atoms with Gasteiger partial charge in [0.2, 0.25) is 0 Å². The fourth-order valence-corrected chi connectivity index (χ4v) is 14.4. The minimum atomic E-state index is -0.435. The molecule has 3 aromatic rings. The molecule has 21 heteroatoms. The highest BCUT2D eigenvalue weighted by Gasteiger charge is 2.47. The number of nitrogens with one attached hydrogen (secondary N) is 2. The molecule has 0 spiro atoms. The second-order valence-corrected chi connectivity index (χ2v) is 30.3. The molecule has 4 bridgehead atoms. The van der Waals surface area contributed by atoms with Crippen molar-refractivity contribution in [2.75, 3.05) is 121 Å². The van der Waals surface area contributed by atoms with Gasteiger partial charge < -0.3 is 78.9 Å². The number of nitrogens with two attached hydrogens (primary N) is 2. The highest BCUT2D eigenvalue weighted by atomic mass is 35.5. The molecule has 4 aliphatic carbocycles. The number of methoxy groups -OCH3 is 4. The molecule has 0 saturated heterocycles. The molecule has 0 aliphatic heterocycles. The van der Waals surface area contributed by atoms with Gasteiger partial charge in [0.15, 0.2) is 0 Å². The number of alkyl carbamates (subject to hydrolysis) is 2. The van der Waals surface area contributed by atoms with Crippen molar-refractivity contribution in [2.24, 2.45) is 23.3 Å². The number of carbonyl (C=O) groups excluding carboxylic acids is 4. The van der Waals surface area contributed by atoms with E-state index in [1.807, 2.05) is 69.3 Å². The summed E-state index contributed by atoms with van der Waals surface area (Å²) in [5.41, 5.74) is 17.5. The van der Waals surface area contributed by atoms with Crippen LogP contribution in [0.5, 0.6) is 11.5 Å². The lowest BCUT2D eigenvalue weighted by Crippen LogP contribution is -2.57. The molecular formula is C85H143ClN4O16. The molecule has 3 aromatic carbocycles. The third-order valence-corrected chi connectivity index (χ3v) is 20.3. The lowest BCUT2D eigenvalue weighted by Gasteiger charge is -2.49. The smallest absolute Gasteiger partial charge is 0.407 e. The van der Waals surface area contributed by atoms with Crippen LogP contribution in [-0.2, 0) is 87.2 Å². The number of carbonyl (C=O) groups is 4. The Balaban J connectivity index is 0.000000401. The molecule has 0 heterocycles. The Labute approximate surface area is 645 Å². The zero-order valence-electron chi connectivity index (χ0n) is 67.0. The van der Waals surface area contributed by atoms with Crippen LogP contribution < -0.4 is 31.6 Å². The van der Waals surface area contributed by atoms with E-state index in [9.17, 15) is 19.2 Å². The van der Waals surface area contributed by atoms with Crippen LogP contribution in [0.4, 0.5) is 9.59 Å². The predicted octanol–water partition coefficient (Wildman–Crippen LogP) is 16.9. The highest BCUT2D eigenvalue weighted by Crippen LogP contribution is 2.49. The van der Waals surface area contributed by atoms with Crippen LogP contribution in [0, 0.1) is 11.8 Å². The van der Waals surface area contributed by atoms with E-state index in [0.29, 0.717) is 42.7 Å². The Bertz CT molecular complexity index is 2750. The van der Waals surface area contributed by atoms with Crippen molar-refractivity contribution in [3.8, 4) is 11.5 Å². The normalized spacial score (nSPS) is 19.3. The molecule has 2 saturated carbocycles. The number of ether oxygens (including phenoxy) is 12. The molecule has 606 valence electrons. The summed E-state index contributed by atoms with van der Waals surface area (Å²) in [7, 11) is 6.87. The largest absolute Gasteiger partial charge is 0.445 e. The summed E-state index contributed by atoms with van der Waals surface area (Å²) in [5.74, 6) is 1.81. The molecule has 106 heavy (non-hydrogen) atoms. The number of fused-ring (bicyclic) bond motifs is 8. The summed E-state index contributed by atoms with van der Waals surface area (Å²) < 4.78 is 64.3. The summed E-state index contributed by atoms with van der Waals surface area (Å²) in [6.45, 7) is 21.2. The number of esters is 2. The molecule has 0 aromatic heterocycles. The second kappa shape index (κ2) is 58.0. The predicted molar refractivity (Wildman–Crippen MR) is 425 cm³/mol. The van der Waals surface area contributed by atoms with Crippen molar-refractivity contribution in [2.45, 2.75) is 275 Å². The first-order valence-corrected chi connectivity index (χ1v) is 40.3. The first kappa shape index (κ1) is 95.2. The first-order chi connectivity index (χ1) is 50.9. The third-order valence-electron chi connectivity index (χ3n) is 20.3. The maximum atomic E-state index is 13.0. The average Bonchev–Trinajstić information content (AvgIpc) is 0.754. The lowest BCUT2D eigenvalue weighted by atomic mass is 9.59. The van der Waals surface area contributed by atoms with E-state index in [2.05, 4.69) is 42.7 Å². The van der Waals surface area contributed by atoms with Gasteiger partial charge in [-0.2, -0.15) is 0 Å². The zero-order chi connectivity index (χ0) is 76.1. The van der Waals surface area contributed by atoms with Crippen molar-refractivity contribution >= 4 is 36.5 Å². The molecule has 2 amide bonds. The van der Waals surface area contributed by atoms with Crippen LogP contribution in [0.25, 0.3) is 0 Å². The highest BCUT2D eigenvalue weighted by molar-refractivity contribution is 5.85. The van der Waals surface area contributed by atoms with Gasteiger partial charge in [0, 0.05) is 150 Å². The number of unbranched alkanes of at least 4 members (excludes halogenated alkanes) is 10. The van der Waals surface area contributed by atoms with E-state index < -0.39 is 5.60 Å². The van der Waals surface area contributed by atoms with Crippen LogP contribution in [0.15, 0.2) is 66.7 Å². The topological polar surface area (TPSA) is 255 Å². The molecule has 4 aliphatic rings. The van der Waals surface area contributed by atoms with Gasteiger partial charge in [-0.1, -0.05) is 108 Å². The number of halogens is 1. The molecule has 6 N–H and O–H groups in total. The number of hydrogen-bond acceptors (Lipinski definition) is 18. The van der Waals surface area contributed by atoms with Gasteiger partial charge in [-0.25, -0.2) is 9.59 Å². The summed E-state index contributed by atoms with van der Waals surface area (Å²) in [6.07, 6.45) is 31.5. The van der Waals surface area contributed by atoms with E-state index in [-0.39, 0.29) is 66.1 Å². The SMILES string of the molecule is COCCCCOCCCCCC(=O)Oc1ccc2c(c1)[C@@]1(C)CCCCC[C@@H](C2)[C@@H]1N.COCCCCOCCCCCC(=O)Oc1ccc2c(c1)[C@@]1(C)CCCCC[C@@H](C2)[C@@H]1NC(=O)OCc1ccccc1.COCCCCOCCCCN.COCCCCOCCCCNC(=O)OC(C)(C)C.Cl. The van der Waals surface area contributed by atoms with Crippen LogP contribution in [0.1, 0.15) is 255 Å². The molecule has 6 atom stereocenters. The van der Waals surface area contributed by atoms with Gasteiger partial charge >= 0.3 is 24.1 Å². The summed E-state index contributed by atoms with van der Waals surface area (Å²) in [5, 5.41) is 6.00. The zero-order valence-corrected chi connectivity index (χ0v) is 67.8. The molecule has 7 rings (SSSR count). The van der Waals surface area contributed by atoms with Crippen LogP contribution in [0.3, 0.4) is 0 Å². The number of amides is 2. The minimum absolute atomic E-state index is 0. The van der Waals surface area contributed by atoms with Crippen LogP contribution in [0.2, 0.25) is 0 Å². The second-order valence-electron chi connectivity index (χ2n) is 30.3. The first-order valence-electron chi connectivity index (χ1n) is 40.3.